The summed E-state index contributed by atoms with van der Waals surface area (Å²) in [6.45, 7) is 19.9. The Kier molecular flexibility index (Phi) is 14.7. The summed E-state index contributed by atoms with van der Waals surface area (Å²) >= 11 is 0. The Morgan fingerprint density at radius 2 is 1.55 bits per heavy atom. The smallest absolute Gasteiger partial charge is 0.141 e. The van der Waals surface area contributed by atoms with Gasteiger partial charge in [0.25, 0.3) is 0 Å². The summed E-state index contributed by atoms with van der Waals surface area (Å²) < 4.78 is 6.08. The van der Waals surface area contributed by atoms with Gasteiger partial charge in [0.1, 0.15) is 5.76 Å². The zero-order chi connectivity index (χ0) is 23.1. The van der Waals surface area contributed by atoms with Crippen LogP contribution in [0.3, 0.4) is 0 Å². The van der Waals surface area contributed by atoms with Gasteiger partial charge in [-0.25, -0.2) is 0 Å². The summed E-state index contributed by atoms with van der Waals surface area (Å²) in [6.07, 6.45) is 16.3. The van der Waals surface area contributed by atoms with E-state index < -0.39 is 0 Å². The van der Waals surface area contributed by atoms with E-state index in [0.29, 0.717) is 6.04 Å². The number of nitrogens with two attached hydrogens (primary N) is 1. The van der Waals surface area contributed by atoms with Gasteiger partial charge in [-0.05, 0) is 57.4 Å². The molecule has 3 aliphatic rings. The highest BCUT2D eigenvalue weighted by Crippen LogP contribution is 2.31. The van der Waals surface area contributed by atoms with E-state index in [0.717, 1.165) is 56.2 Å². The van der Waals surface area contributed by atoms with E-state index in [-0.39, 0.29) is 0 Å². The first kappa shape index (κ1) is 27.8. The highest BCUT2D eigenvalue weighted by atomic mass is 16.5. The summed E-state index contributed by atoms with van der Waals surface area (Å²) in [5.41, 5.74) is 7.10. The van der Waals surface area contributed by atoms with E-state index >= 15 is 0 Å². The second-order valence-corrected chi connectivity index (χ2v) is 8.85. The monoisotopic (exact) mass is 433 g/mol. The van der Waals surface area contributed by atoms with Crippen molar-refractivity contribution in [3.63, 3.8) is 0 Å². The van der Waals surface area contributed by atoms with Gasteiger partial charge in [-0.3, -0.25) is 4.90 Å². The van der Waals surface area contributed by atoms with E-state index in [1.807, 2.05) is 26.8 Å². The lowest BCUT2D eigenvalue weighted by Crippen LogP contribution is -2.51. The first-order valence-electron chi connectivity index (χ1n) is 13.0. The number of nitrogens with zero attached hydrogens (tertiary/aromatic N) is 2. The van der Waals surface area contributed by atoms with Crippen LogP contribution in [0.25, 0.3) is 0 Å². The molecular weight excluding hydrogens is 382 g/mol. The summed E-state index contributed by atoms with van der Waals surface area (Å²) in [6, 6.07) is 1.17. The molecule has 0 spiro atoms. The SMILES string of the molecule is C=C(/C(=C\C=C/C)OCC1CC1)N1CCN(C2CCC(N)CC2)CC1.CC.CCCC. The maximum absolute atomic E-state index is 6.08. The van der Waals surface area contributed by atoms with Crippen LogP contribution >= 0.6 is 0 Å². The molecule has 1 aliphatic heterocycles. The van der Waals surface area contributed by atoms with Crippen molar-refractivity contribution < 1.29 is 4.74 Å². The molecular formula is C27H51N3O. The van der Waals surface area contributed by atoms with Gasteiger partial charge in [-0.1, -0.05) is 59.3 Å². The molecule has 2 N–H and O–H groups in total. The molecule has 0 bridgehead atoms. The summed E-state index contributed by atoms with van der Waals surface area (Å²) in [7, 11) is 0. The number of hydrogen-bond acceptors (Lipinski definition) is 4. The minimum Gasteiger partial charge on any atom is -0.491 e. The van der Waals surface area contributed by atoms with Crippen LogP contribution < -0.4 is 5.73 Å². The number of unbranched alkanes of at least 4 members (excludes halogenated alkanes) is 1. The molecule has 0 aromatic rings. The molecule has 2 aliphatic carbocycles. The Morgan fingerprint density at radius 1 is 0.968 bits per heavy atom. The van der Waals surface area contributed by atoms with Crippen molar-refractivity contribution in [2.24, 2.45) is 11.7 Å². The van der Waals surface area contributed by atoms with Crippen LogP contribution in [0, 0.1) is 5.92 Å². The Morgan fingerprint density at radius 3 is 2.03 bits per heavy atom. The van der Waals surface area contributed by atoms with E-state index in [9.17, 15) is 0 Å². The fraction of sp³-hybridized carbons (Fsp3) is 0.778. The molecule has 4 nitrogen and oxygen atoms in total. The van der Waals surface area contributed by atoms with Gasteiger partial charge in [-0.15, -0.1) is 0 Å². The predicted octanol–water partition coefficient (Wildman–Crippen LogP) is 6.11. The van der Waals surface area contributed by atoms with Crippen molar-refractivity contribution in [1.82, 2.24) is 9.80 Å². The van der Waals surface area contributed by atoms with Crippen molar-refractivity contribution >= 4 is 0 Å². The van der Waals surface area contributed by atoms with Crippen molar-refractivity contribution in [3.05, 3.63) is 36.3 Å². The maximum atomic E-state index is 6.08. The minimum absolute atomic E-state index is 0.431. The van der Waals surface area contributed by atoms with Gasteiger partial charge < -0.3 is 15.4 Å². The van der Waals surface area contributed by atoms with Gasteiger partial charge in [0, 0.05) is 38.3 Å². The molecule has 1 saturated heterocycles. The summed E-state index contributed by atoms with van der Waals surface area (Å²) in [4.78, 5) is 5.06. The molecule has 0 radical (unpaired) electrons. The summed E-state index contributed by atoms with van der Waals surface area (Å²) in [5.74, 6) is 1.71. The Balaban J connectivity index is 0.000000720. The zero-order valence-electron chi connectivity index (χ0n) is 21.2. The van der Waals surface area contributed by atoms with E-state index in [1.165, 1.54) is 51.4 Å². The third-order valence-corrected chi connectivity index (χ3v) is 6.35. The van der Waals surface area contributed by atoms with E-state index in [1.54, 1.807) is 0 Å². The van der Waals surface area contributed by atoms with Crippen molar-refractivity contribution in [2.45, 2.75) is 98.1 Å². The Labute approximate surface area is 193 Å². The van der Waals surface area contributed by atoms with Crippen LogP contribution in [0.1, 0.15) is 86.0 Å². The van der Waals surface area contributed by atoms with Gasteiger partial charge in [-0.2, -0.15) is 0 Å². The number of piperazine rings is 1. The predicted molar refractivity (Wildman–Crippen MR) is 136 cm³/mol. The molecule has 1 heterocycles. The standard InChI is InChI=1S/C21H35N3O.C4H10.C2H6/c1-3-4-5-21(25-16-18-6-7-18)17(2)23-12-14-24(15-13-23)20-10-8-19(22)9-11-20;1-3-4-2;1-2/h3-5,18-20H,2,6-16,22H2,1H3;3-4H2,1-2H3;1-2H3/b4-3-,21-5+;;. The second-order valence-electron chi connectivity index (χ2n) is 8.85. The van der Waals surface area contributed by atoms with Gasteiger partial charge >= 0.3 is 0 Å². The third-order valence-electron chi connectivity index (χ3n) is 6.35. The normalized spacial score (nSPS) is 24.7. The molecule has 3 fully saturated rings. The van der Waals surface area contributed by atoms with Crippen LogP contribution in [0.4, 0.5) is 0 Å². The first-order valence-corrected chi connectivity index (χ1v) is 13.0. The average Bonchev–Trinajstić information content (AvgIpc) is 3.65. The van der Waals surface area contributed by atoms with Crippen molar-refractivity contribution in [2.75, 3.05) is 32.8 Å². The number of hydrogen-bond donors (Lipinski definition) is 1. The average molecular weight is 434 g/mol. The molecule has 180 valence electrons. The molecule has 0 aromatic carbocycles. The molecule has 4 heteroatoms. The van der Waals surface area contributed by atoms with Crippen LogP contribution in [0.2, 0.25) is 0 Å². The topological polar surface area (TPSA) is 41.7 Å². The van der Waals surface area contributed by atoms with Crippen LogP contribution in [0.5, 0.6) is 0 Å². The molecule has 31 heavy (non-hydrogen) atoms. The molecule has 2 saturated carbocycles. The second kappa shape index (κ2) is 16.4. The fourth-order valence-electron chi connectivity index (χ4n) is 3.88. The highest BCUT2D eigenvalue weighted by molar-refractivity contribution is 5.26. The largest absolute Gasteiger partial charge is 0.491 e. The van der Waals surface area contributed by atoms with Crippen LogP contribution in [-0.4, -0.2) is 54.7 Å². The molecule has 0 amide bonds. The zero-order valence-corrected chi connectivity index (χ0v) is 21.2. The van der Waals surface area contributed by atoms with E-state index in [2.05, 4.69) is 42.4 Å². The van der Waals surface area contributed by atoms with Crippen LogP contribution in [0.15, 0.2) is 36.3 Å². The maximum Gasteiger partial charge on any atom is 0.141 e. The third kappa shape index (κ3) is 10.7. The molecule has 3 rings (SSSR count). The minimum atomic E-state index is 0.431. The van der Waals surface area contributed by atoms with Crippen molar-refractivity contribution in [1.29, 1.82) is 0 Å². The van der Waals surface area contributed by atoms with Gasteiger partial charge in [0.05, 0.1) is 12.3 Å². The highest BCUT2D eigenvalue weighted by Gasteiger charge is 2.28. The number of ether oxygens (including phenoxy) is 1. The first-order chi connectivity index (χ1) is 15.1. The van der Waals surface area contributed by atoms with Crippen LogP contribution in [-0.2, 0) is 4.74 Å². The van der Waals surface area contributed by atoms with E-state index in [4.69, 9.17) is 10.5 Å². The molecule has 0 atom stereocenters. The van der Waals surface area contributed by atoms with Gasteiger partial charge in [0.15, 0.2) is 0 Å². The number of rotatable bonds is 8. The lowest BCUT2D eigenvalue weighted by Gasteiger charge is -2.42. The Hall–Kier alpha value is -1.26. The number of allylic oxidation sites excluding steroid dienone is 3. The van der Waals surface area contributed by atoms with Gasteiger partial charge in [0.2, 0.25) is 0 Å². The lowest BCUT2D eigenvalue weighted by molar-refractivity contribution is 0.0860. The van der Waals surface area contributed by atoms with Crippen molar-refractivity contribution in [3.8, 4) is 0 Å². The fourth-order valence-corrected chi connectivity index (χ4v) is 3.88. The lowest BCUT2D eigenvalue weighted by atomic mass is 9.90. The summed E-state index contributed by atoms with van der Waals surface area (Å²) in [5, 5.41) is 0. The molecule has 0 aromatic heterocycles. The molecule has 0 unspecified atom stereocenters. The quantitative estimate of drug-likeness (QED) is 0.370. The Bertz CT molecular complexity index is 521.